The Labute approximate surface area is 421 Å². The van der Waals surface area contributed by atoms with Crippen LogP contribution >= 0.6 is 0 Å². The van der Waals surface area contributed by atoms with Crippen molar-refractivity contribution in [2.24, 2.45) is 0 Å². The molecule has 68 heavy (non-hydrogen) atoms. The van der Waals surface area contributed by atoms with E-state index in [9.17, 15) is 14.7 Å². The third kappa shape index (κ3) is 55.2. The molecule has 1 unspecified atom stereocenters. The van der Waals surface area contributed by atoms with Crippen molar-refractivity contribution < 1.29 is 24.2 Å². The molecule has 0 amide bonds. The van der Waals surface area contributed by atoms with Gasteiger partial charge >= 0.3 is 11.9 Å². The molecule has 0 aliphatic carbocycles. The highest BCUT2D eigenvalue weighted by Crippen LogP contribution is 2.15. The van der Waals surface area contributed by atoms with E-state index in [0.717, 1.165) is 96.3 Å². The molecule has 0 fully saturated rings. The van der Waals surface area contributed by atoms with E-state index in [-0.39, 0.29) is 25.2 Å². The zero-order valence-electron chi connectivity index (χ0n) is 44.3. The summed E-state index contributed by atoms with van der Waals surface area (Å²) in [5, 5.41) is 9.65. The van der Waals surface area contributed by atoms with E-state index in [4.69, 9.17) is 9.47 Å². The Morgan fingerprint density at radius 3 is 0.971 bits per heavy atom. The van der Waals surface area contributed by atoms with Crippen LogP contribution in [0.4, 0.5) is 0 Å². The number of carbonyl (C=O) groups excluding carboxylic acids is 2. The smallest absolute Gasteiger partial charge is 0.306 e. The summed E-state index contributed by atoms with van der Waals surface area (Å²) in [6.07, 6.45) is 83.4. The molecule has 0 saturated heterocycles. The summed E-state index contributed by atoms with van der Waals surface area (Å²) >= 11 is 0. The van der Waals surface area contributed by atoms with Crippen molar-refractivity contribution in [2.45, 2.75) is 264 Å². The minimum absolute atomic E-state index is 0.0747. The lowest BCUT2D eigenvalue weighted by molar-refractivity contribution is -0.161. The summed E-state index contributed by atoms with van der Waals surface area (Å²) in [7, 11) is 0. The zero-order chi connectivity index (χ0) is 49.2. The number of unbranched alkanes of at least 4 members (excludes halogenated alkanes) is 25. The van der Waals surface area contributed by atoms with Crippen LogP contribution in [0.1, 0.15) is 258 Å². The number of allylic oxidation sites excluding steroid dienone is 18. The van der Waals surface area contributed by atoms with Gasteiger partial charge in [-0.15, -0.1) is 0 Å². The van der Waals surface area contributed by atoms with Gasteiger partial charge in [-0.2, -0.15) is 0 Å². The van der Waals surface area contributed by atoms with Gasteiger partial charge in [0, 0.05) is 12.8 Å². The Kier molecular flexibility index (Phi) is 54.9. The fraction of sp³-hybridized carbons (Fsp3) is 0.683. The Balaban J connectivity index is 3.57. The van der Waals surface area contributed by atoms with Crippen LogP contribution < -0.4 is 0 Å². The number of aliphatic hydroxyl groups excluding tert-OH is 1. The molecule has 0 aliphatic heterocycles. The second kappa shape index (κ2) is 57.9. The molecule has 5 heteroatoms. The zero-order valence-corrected chi connectivity index (χ0v) is 44.3. The van der Waals surface area contributed by atoms with Crippen molar-refractivity contribution in [1.82, 2.24) is 0 Å². The molecule has 0 aliphatic rings. The molecule has 0 aromatic carbocycles. The number of aliphatic hydroxyl groups is 1. The Morgan fingerprint density at radius 2 is 0.632 bits per heavy atom. The second-order valence-corrected chi connectivity index (χ2v) is 18.6. The Hall–Kier alpha value is -3.44. The van der Waals surface area contributed by atoms with Crippen LogP contribution in [-0.4, -0.2) is 36.4 Å². The summed E-state index contributed by atoms with van der Waals surface area (Å²) in [6.45, 7) is 4.03. The normalized spacial score (nSPS) is 13.0. The summed E-state index contributed by atoms with van der Waals surface area (Å²) in [5.41, 5.74) is 0. The highest BCUT2D eigenvalue weighted by Gasteiger charge is 2.16. The molecular formula is C63H106O5. The van der Waals surface area contributed by atoms with Crippen LogP contribution in [0.15, 0.2) is 109 Å². The fourth-order valence-electron chi connectivity index (χ4n) is 7.80. The van der Waals surface area contributed by atoms with Gasteiger partial charge in [-0.1, -0.05) is 252 Å². The number of carbonyl (C=O) groups is 2. The molecule has 0 rings (SSSR count). The lowest BCUT2D eigenvalue weighted by atomic mass is 10.1. The highest BCUT2D eigenvalue weighted by molar-refractivity contribution is 5.70. The predicted octanol–water partition coefficient (Wildman–Crippen LogP) is 19.3. The van der Waals surface area contributed by atoms with Crippen molar-refractivity contribution in [2.75, 3.05) is 13.2 Å². The molecule has 0 heterocycles. The maximum Gasteiger partial charge on any atom is 0.306 e. The van der Waals surface area contributed by atoms with E-state index < -0.39 is 6.10 Å². The molecule has 0 aromatic heterocycles. The fourth-order valence-corrected chi connectivity index (χ4v) is 7.80. The van der Waals surface area contributed by atoms with E-state index in [1.165, 1.54) is 135 Å². The first-order valence-corrected chi connectivity index (χ1v) is 28.4. The summed E-state index contributed by atoms with van der Waals surface area (Å²) in [6, 6.07) is 0. The van der Waals surface area contributed by atoms with Gasteiger partial charge in [0.05, 0.1) is 6.61 Å². The largest absolute Gasteiger partial charge is 0.462 e. The summed E-state index contributed by atoms with van der Waals surface area (Å²) < 4.78 is 10.7. The molecule has 0 bridgehead atoms. The molecule has 0 spiro atoms. The van der Waals surface area contributed by atoms with E-state index in [2.05, 4.69) is 123 Å². The number of rotatable bonds is 51. The van der Waals surface area contributed by atoms with Gasteiger partial charge in [-0.3, -0.25) is 9.59 Å². The highest BCUT2D eigenvalue weighted by atomic mass is 16.6. The Morgan fingerprint density at radius 1 is 0.353 bits per heavy atom. The molecule has 0 saturated carbocycles. The number of ether oxygens (including phenoxy) is 2. The molecule has 0 radical (unpaired) electrons. The van der Waals surface area contributed by atoms with E-state index >= 15 is 0 Å². The number of hydrogen-bond donors (Lipinski definition) is 1. The monoisotopic (exact) mass is 943 g/mol. The molecule has 0 aromatic rings. The van der Waals surface area contributed by atoms with E-state index in [0.29, 0.717) is 12.8 Å². The van der Waals surface area contributed by atoms with Gasteiger partial charge in [0.15, 0.2) is 6.10 Å². The quantitative estimate of drug-likeness (QED) is 0.0374. The third-order valence-corrected chi connectivity index (χ3v) is 12.1. The number of esters is 2. The number of hydrogen-bond acceptors (Lipinski definition) is 5. The van der Waals surface area contributed by atoms with Gasteiger partial charge in [-0.05, 0) is 103 Å². The first-order valence-electron chi connectivity index (χ1n) is 28.4. The minimum Gasteiger partial charge on any atom is -0.462 e. The van der Waals surface area contributed by atoms with Crippen molar-refractivity contribution in [1.29, 1.82) is 0 Å². The maximum atomic E-state index is 12.3. The summed E-state index contributed by atoms with van der Waals surface area (Å²) in [4.78, 5) is 24.5. The standard InChI is InChI=1S/C63H106O5/c1-3-5-7-9-11-13-15-17-19-21-23-25-26-27-28-29-30-31-32-33-34-35-36-38-40-42-44-46-48-50-52-54-56-58-63(66)68-61(59-64)60-67-62(65)57-55-53-51-49-47-45-43-41-39-37-24-22-20-18-16-14-12-10-8-6-4-2/h5,7,11,13,17,19,22-25,27-28,30-31,33-34,36,38,61,64H,3-4,6,8-10,12,14-16,18,20-21,26,29,32,35,37,39-60H2,1-2H3/b7-5-,13-11-,19-17-,24-22-,25-23-,28-27-,31-30-,34-33-,38-36-. The summed E-state index contributed by atoms with van der Waals surface area (Å²) in [5.74, 6) is -0.603. The first kappa shape index (κ1) is 64.6. The topological polar surface area (TPSA) is 72.8 Å². The van der Waals surface area contributed by atoms with Crippen LogP contribution in [0.2, 0.25) is 0 Å². The second-order valence-electron chi connectivity index (χ2n) is 18.6. The minimum atomic E-state index is -0.785. The van der Waals surface area contributed by atoms with Gasteiger partial charge in [0.1, 0.15) is 6.61 Å². The molecule has 5 nitrogen and oxygen atoms in total. The molecule has 388 valence electrons. The van der Waals surface area contributed by atoms with E-state index in [1.54, 1.807) is 0 Å². The van der Waals surface area contributed by atoms with Crippen molar-refractivity contribution >= 4 is 11.9 Å². The van der Waals surface area contributed by atoms with Crippen molar-refractivity contribution in [3.05, 3.63) is 109 Å². The van der Waals surface area contributed by atoms with Crippen LogP contribution in [0.3, 0.4) is 0 Å². The van der Waals surface area contributed by atoms with E-state index in [1.807, 2.05) is 0 Å². The molecule has 1 N–H and O–H groups in total. The van der Waals surface area contributed by atoms with Crippen molar-refractivity contribution in [3.63, 3.8) is 0 Å². The average molecular weight is 944 g/mol. The van der Waals surface area contributed by atoms with Crippen LogP contribution in [0, 0.1) is 0 Å². The maximum absolute atomic E-state index is 12.3. The SMILES string of the molecule is CC/C=C\C/C=C\C/C=C\C/C=C\C/C=C\C/C=C\C/C=C\C/C=C\CCCCCCCCCCC(=O)OC(CO)COC(=O)CCCCCCCCCCC/C=C\CCCCCCCCCC. The van der Waals surface area contributed by atoms with Crippen LogP contribution in [0.25, 0.3) is 0 Å². The predicted molar refractivity (Wildman–Crippen MR) is 297 cm³/mol. The molecular weight excluding hydrogens is 837 g/mol. The average Bonchev–Trinajstić information content (AvgIpc) is 3.34. The molecule has 1 atom stereocenters. The van der Waals surface area contributed by atoms with Crippen LogP contribution in [-0.2, 0) is 19.1 Å². The van der Waals surface area contributed by atoms with Gasteiger partial charge < -0.3 is 14.6 Å². The third-order valence-electron chi connectivity index (χ3n) is 12.1. The lowest BCUT2D eigenvalue weighted by Crippen LogP contribution is -2.28. The Bertz CT molecular complexity index is 1340. The van der Waals surface area contributed by atoms with Crippen LogP contribution in [0.5, 0.6) is 0 Å². The van der Waals surface area contributed by atoms with Gasteiger partial charge in [0.25, 0.3) is 0 Å². The van der Waals surface area contributed by atoms with Gasteiger partial charge in [-0.25, -0.2) is 0 Å². The lowest BCUT2D eigenvalue weighted by Gasteiger charge is -2.15. The van der Waals surface area contributed by atoms with Gasteiger partial charge in [0.2, 0.25) is 0 Å². The van der Waals surface area contributed by atoms with Crippen molar-refractivity contribution in [3.8, 4) is 0 Å². The first-order chi connectivity index (χ1) is 33.6.